The van der Waals surface area contributed by atoms with E-state index in [4.69, 9.17) is 0 Å². The monoisotopic (exact) mass is 125 g/mol. The second-order valence-corrected chi connectivity index (χ2v) is 2.68. The Morgan fingerprint density at radius 3 is 0.833 bits per heavy atom. The third-order valence-corrected chi connectivity index (χ3v) is 0. The molecule has 1 nitrogen and oxygen atoms in total. The van der Waals surface area contributed by atoms with E-state index < -0.39 is 0 Å². The molecule has 0 aromatic carbocycles. The molecule has 1 radical (unpaired) electrons. The number of hydrogen-bond donors (Lipinski definition) is 0. The van der Waals surface area contributed by atoms with Gasteiger partial charge >= 0.3 is 0 Å². The summed E-state index contributed by atoms with van der Waals surface area (Å²) in [6.07, 6.45) is 0. The molecule has 0 saturated carbocycles. The summed E-state index contributed by atoms with van der Waals surface area (Å²) < 4.78 is 1.00. The molecular weight excluding hydrogens is 113 g/mol. The van der Waals surface area contributed by atoms with E-state index in [0.29, 0.717) is 0 Å². The Labute approximate surface area is 51.8 Å². The van der Waals surface area contributed by atoms with Crippen LogP contribution in [0.1, 0.15) is 0 Å². The van der Waals surface area contributed by atoms with Gasteiger partial charge in [0.2, 0.25) is 0 Å². The fourth-order valence-corrected chi connectivity index (χ4v) is 0. The zero-order valence-corrected chi connectivity index (χ0v) is 6.29. The summed E-state index contributed by atoms with van der Waals surface area (Å²) in [5.74, 6) is 0. The van der Waals surface area contributed by atoms with Crippen molar-refractivity contribution in [3.63, 3.8) is 0 Å². The molecule has 0 fully saturated rings. The second-order valence-electron chi connectivity index (χ2n) is 2.68. The Bertz CT molecular complexity index is 23.0. The molecule has 0 spiro atoms. The predicted octanol–water partition coefficient (Wildman–Crippen LogP) is 0.320. The van der Waals surface area contributed by atoms with Crippen LogP contribution in [0.3, 0.4) is 0 Å². The van der Waals surface area contributed by atoms with Crippen LogP contribution in [0.25, 0.3) is 0 Å². The molecule has 0 aliphatic carbocycles. The van der Waals surface area contributed by atoms with E-state index >= 15 is 0 Å². The molecule has 0 aromatic heterocycles. The summed E-state index contributed by atoms with van der Waals surface area (Å²) >= 11 is 0. The third kappa shape index (κ3) is 193. The fraction of sp³-hybridized carbons (Fsp3) is 1.00. The molecule has 0 unspecified atom stereocenters. The van der Waals surface area contributed by atoms with Gasteiger partial charge in [-0.2, -0.15) is 0 Å². The van der Waals surface area contributed by atoms with Gasteiger partial charge in [-0.3, -0.25) is 0 Å². The van der Waals surface area contributed by atoms with E-state index in [-0.39, 0.29) is 18.6 Å². The van der Waals surface area contributed by atoms with Gasteiger partial charge in [0.1, 0.15) is 0 Å². The van der Waals surface area contributed by atoms with Gasteiger partial charge in [0.05, 0.1) is 28.2 Å². The first-order chi connectivity index (χ1) is 2.00. The van der Waals surface area contributed by atoms with Crippen molar-refractivity contribution in [1.29, 1.82) is 0 Å². The minimum Gasteiger partial charge on any atom is -0.333 e. The predicted molar refractivity (Wildman–Crippen MR) is 24.0 cm³/mol. The molecular formula is C4H12NV+. The zero-order valence-electron chi connectivity index (χ0n) is 4.89. The van der Waals surface area contributed by atoms with Gasteiger partial charge in [-0.15, -0.1) is 0 Å². The van der Waals surface area contributed by atoms with Crippen molar-refractivity contribution in [2.45, 2.75) is 0 Å². The van der Waals surface area contributed by atoms with E-state index in [1.807, 2.05) is 0 Å². The molecule has 6 heavy (non-hydrogen) atoms. The van der Waals surface area contributed by atoms with Crippen molar-refractivity contribution < 1.29 is 23.0 Å². The smallest absolute Gasteiger partial charge is 0.0675 e. The SMILES string of the molecule is C[N+](C)(C)C.[V]. The summed E-state index contributed by atoms with van der Waals surface area (Å²) in [6, 6.07) is 0. The molecule has 0 saturated heterocycles. The van der Waals surface area contributed by atoms with Crippen LogP contribution in [-0.2, 0) is 18.6 Å². The van der Waals surface area contributed by atoms with Crippen LogP contribution >= 0.6 is 0 Å². The Morgan fingerprint density at radius 1 is 0.833 bits per heavy atom. The molecule has 0 aromatic rings. The molecule has 0 rings (SSSR count). The summed E-state index contributed by atoms with van der Waals surface area (Å²) in [5.41, 5.74) is 0. The van der Waals surface area contributed by atoms with Crippen LogP contribution in [-0.4, -0.2) is 32.7 Å². The largest absolute Gasteiger partial charge is 0.333 e. The zero-order chi connectivity index (χ0) is 4.50. The molecule has 0 amide bonds. The fourth-order valence-electron chi connectivity index (χ4n) is 0. The van der Waals surface area contributed by atoms with E-state index in [1.165, 1.54) is 0 Å². The normalized spacial score (nSPS) is 10.0. The maximum absolute atomic E-state index is 2.12. The van der Waals surface area contributed by atoms with Gasteiger partial charge in [0, 0.05) is 18.6 Å². The number of rotatable bonds is 0. The average Bonchev–Trinajstić information content (AvgIpc) is 0.722. The van der Waals surface area contributed by atoms with Crippen LogP contribution in [0.15, 0.2) is 0 Å². The molecule has 0 atom stereocenters. The van der Waals surface area contributed by atoms with Crippen LogP contribution in [0.2, 0.25) is 0 Å². The van der Waals surface area contributed by atoms with E-state index in [1.54, 1.807) is 0 Å². The van der Waals surface area contributed by atoms with Crippen LogP contribution in [0.4, 0.5) is 0 Å². The van der Waals surface area contributed by atoms with Gasteiger partial charge in [0.15, 0.2) is 0 Å². The van der Waals surface area contributed by atoms with Crippen molar-refractivity contribution in [1.82, 2.24) is 0 Å². The summed E-state index contributed by atoms with van der Waals surface area (Å²) in [5, 5.41) is 0. The summed E-state index contributed by atoms with van der Waals surface area (Å²) in [6.45, 7) is 0. The van der Waals surface area contributed by atoms with Crippen LogP contribution in [0, 0.1) is 0 Å². The van der Waals surface area contributed by atoms with Crippen molar-refractivity contribution in [3.8, 4) is 0 Å². The Morgan fingerprint density at radius 2 is 0.833 bits per heavy atom. The number of nitrogens with zero attached hydrogens (tertiary/aromatic N) is 1. The molecule has 37 valence electrons. The van der Waals surface area contributed by atoms with Crippen LogP contribution in [0.5, 0.6) is 0 Å². The Hall–Kier alpha value is 0.544. The summed E-state index contributed by atoms with van der Waals surface area (Å²) in [4.78, 5) is 0. The quantitative estimate of drug-likeness (QED) is 0.409. The molecule has 2 heteroatoms. The first-order valence-corrected chi connectivity index (χ1v) is 1.79. The maximum atomic E-state index is 2.12. The van der Waals surface area contributed by atoms with Crippen molar-refractivity contribution in [3.05, 3.63) is 0 Å². The van der Waals surface area contributed by atoms with Gasteiger partial charge in [-0.25, -0.2) is 0 Å². The average molecular weight is 125 g/mol. The molecule has 0 bridgehead atoms. The topological polar surface area (TPSA) is 0 Å². The molecule has 0 N–H and O–H groups in total. The second kappa shape index (κ2) is 2.67. The van der Waals surface area contributed by atoms with Crippen molar-refractivity contribution in [2.75, 3.05) is 28.2 Å². The van der Waals surface area contributed by atoms with Gasteiger partial charge in [-0.1, -0.05) is 0 Å². The maximum Gasteiger partial charge on any atom is 0.0675 e. The number of hydrogen-bond acceptors (Lipinski definition) is 0. The molecule has 0 aliphatic rings. The van der Waals surface area contributed by atoms with Crippen LogP contribution < -0.4 is 0 Å². The van der Waals surface area contributed by atoms with Crippen molar-refractivity contribution >= 4 is 0 Å². The minimum absolute atomic E-state index is 0. The summed E-state index contributed by atoms with van der Waals surface area (Å²) in [7, 11) is 8.50. The van der Waals surface area contributed by atoms with Crippen molar-refractivity contribution in [2.24, 2.45) is 0 Å². The number of quaternary nitrogens is 1. The first kappa shape index (κ1) is 9.74. The standard InChI is InChI=1S/C4H12N.V/c1-5(2,3)4;/h1-4H3;/q+1;. The van der Waals surface area contributed by atoms with Gasteiger partial charge < -0.3 is 4.48 Å². The Kier molecular flexibility index (Phi) is 4.34. The molecule has 0 aliphatic heterocycles. The van der Waals surface area contributed by atoms with E-state index in [2.05, 4.69) is 28.2 Å². The van der Waals surface area contributed by atoms with Gasteiger partial charge in [0.25, 0.3) is 0 Å². The Balaban J connectivity index is 0. The third-order valence-electron chi connectivity index (χ3n) is 0. The first-order valence-electron chi connectivity index (χ1n) is 1.79. The molecule has 0 heterocycles. The van der Waals surface area contributed by atoms with E-state index in [0.717, 1.165) is 4.48 Å². The van der Waals surface area contributed by atoms with Gasteiger partial charge in [-0.05, 0) is 0 Å². The minimum atomic E-state index is 0. The van der Waals surface area contributed by atoms with E-state index in [9.17, 15) is 0 Å².